The van der Waals surface area contributed by atoms with Gasteiger partial charge in [-0.05, 0) is 40.2 Å². The number of carbonyl (C=O) groups is 1. The SMILES string of the molecule is Cc1noc(C(NC(=O)c2ccsc2Br)C(C)C)n1. The Balaban J connectivity index is 2.18. The number of aromatic nitrogens is 2. The molecule has 0 fully saturated rings. The molecule has 1 N–H and O–H groups in total. The van der Waals surface area contributed by atoms with E-state index in [2.05, 4.69) is 31.4 Å². The van der Waals surface area contributed by atoms with Gasteiger partial charge in [-0.3, -0.25) is 4.79 Å². The lowest BCUT2D eigenvalue weighted by Crippen LogP contribution is -2.32. The van der Waals surface area contributed by atoms with Crippen LogP contribution in [0.5, 0.6) is 0 Å². The van der Waals surface area contributed by atoms with Crippen molar-refractivity contribution >= 4 is 33.2 Å². The molecule has 0 spiro atoms. The molecule has 0 aliphatic rings. The fraction of sp³-hybridized carbons (Fsp3) is 0.417. The van der Waals surface area contributed by atoms with Gasteiger partial charge in [0.25, 0.3) is 5.91 Å². The molecule has 2 aromatic heterocycles. The summed E-state index contributed by atoms with van der Waals surface area (Å²) in [5.41, 5.74) is 0.617. The van der Waals surface area contributed by atoms with Crippen LogP contribution in [0.4, 0.5) is 0 Å². The van der Waals surface area contributed by atoms with Crippen molar-refractivity contribution in [3.8, 4) is 0 Å². The summed E-state index contributed by atoms with van der Waals surface area (Å²) >= 11 is 4.83. The molecule has 0 aliphatic heterocycles. The summed E-state index contributed by atoms with van der Waals surface area (Å²) in [5.74, 6) is 1.00. The number of carbonyl (C=O) groups excluding carboxylic acids is 1. The molecule has 7 heteroatoms. The summed E-state index contributed by atoms with van der Waals surface area (Å²) < 4.78 is 5.97. The molecule has 2 heterocycles. The van der Waals surface area contributed by atoms with Crippen LogP contribution < -0.4 is 5.32 Å². The van der Waals surface area contributed by atoms with Crippen LogP contribution in [0.2, 0.25) is 0 Å². The number of rotatable bonds is 4. The fourth-order valence-corrected chi connectivity index (χ4v) is 2.88. The monoisotopic (exact) mass is 343 g/mol. The van der Waals surface area contributed by atoms with Crippen molar-refractivity contribution in [1.82, 2.24) is 15.5 Å². The molecule has 0 saturated carbocycles. The zero-order chi connectivity index (χ0) is 14.0. The minimum atomic E-state index is -0.291. The number of hydrogen-bond acceptors (Lipinski definition) is 5. The smallest absolute Gasteiger partial charge is 0.253 e. The molecule has 1 atom stereocenters. The van der Waals surface area contributed by atoms with Crippen LogP contribution in [0, 0.1) is 12.8 Å². The molecular formula is C12H14BrN3O2S. The van der Waals surface area contributed by atoms with E-state index in [0.29, 0.717) is 17.3 Å². The second-order valence-electron chi connectivity index (χ2n) is 4.48. The normalized spacial score (nSPS) is 12.7. The average molecular weight is 344 g/mol. The first-order chi connectivity index (χ1) is 8.99. The second kappa shape index (κ2) is 5.83. The highest BCUT2D eigenvalue weighted by Crippen LogP contribution is 2.25. The fourth-order valence-electron chi connectivity index (χ4n) is 1.63. The Morgan fingerprint density at radius 2 is 2.26 bits per heavy atom. The van der Waals surface area contributed by atoms with Crippen molar-refractivity contribution in [1.29, 1.82) is 0 Å². The largest absolute Gasteiger partial charge is 0.340 e. The lowest BCUT2D eigenvalue weighted by atomic mass is 10.0. The molecule has 1 amide bonds. The maximum absolute atomic E-state index is 12.2. The van der Waals surface area contributed by atoms with Crippen LogP contribution in [-0.4, -0.2) is 16.0 Å². The molecule has 5 nitrogen and oxygen atoms in total. The van der Waals surface area contributed by atoms with Gasteiger partial charge in [-0.2, -0.15) is 4.98 Å². The van der Waals surface area contributed by atoms with Crippen molar-refractivity contribution < 1.29 is 9.32 Å². The van der Waals surface area contributed by atoms with Gasteiger partial charge in [-0.25, -0.2) is 0 Å². The van der Waals surface area contributed by atoms with Gasteiger partial charge in [0.1, 0.15) is 6.04 Å². The van der Waals surface area contributed by atoms with Crippen molar-refractivity contribution in [2.45, 2.75) is 26.8 Å². The third-order valence-electron chi connectivity index (χ3n) is 2.63. The number of nitrogens with zero attached hydrogens (tertiary/aromatic N) is 2. The minimum Gasteiger partial charge on any atom is -0.340 e. The van der Waals surface area contributed by atoms with Crippen LogP contribution in [-0.2, 0) is 0 Å². The topological polar surface area (TPSA) is 68.0 Å². The molecule has 0 bridgehead atoms. The second-order valence-corrected chi connectivity index (χ2v) is 6.72. The summed E-state index contributed by atoms with van der Waals surface area (Å²) in [5, 5.41) is 8.56. The molecule has 2 aromatic rings. The number of aryl methyl sites for hydroxylation is 1. The zero-order valence-electron chi connectivity index (χ0n) is 10.8. The predicted molar refractivity (Wildman–Crippen MR) is 76.1 cm³/mol. The van der Waals surface area contributed by atoms with Crippen LogP contribution >= 0.6 is 27.3 Å². The molecule has 19 heavy (non-hydrogen) atoms. The maximum atomic E-state index is 12.2. The Labute approximate surface area is 123 Å². The van der Waals surface area contributed by atoms with Crippen LogP contribution in [0.15, 0.2) is 19.8 Å². The molecule has 0 radical (unpaired) electrons. The lowest BCUT2D eigenvalue weighted by Gasteiger charge is -2.18. The third kappa shape index (κ3) is 3.22. The van der Waals surface area contributed by atoms with Crippen molar-refractivity contribution in [2.75, 3.05) is 0 Å². The van der Waals surface area contributed by atoms with E-state index in [4.69, 9.17) is 4.52 Å². The van der Waals surface area contributed by atoms with E-state index in [9.17, 15) is 4.79 Å². The lowest BCUT2D eigenvalue weighted by molar-refractivity contribution is 0.0913. The summed E-state index contributed by atoms with van der Waals surface area (Å²) in [6.07, 6.45) is 0. The Morgan fingerprint density at radius 3 is 2.74 bits per heavy atom. The first-order valence-corrected chi connectivity index (χ1v) is 7.50. The van der Waals surface area contributed by atoms with E-state index in [1.54, 1.807) is 13.0 Å². The number of nitrogens with one attached hydrogen (secondary N) is 1. The summed E-state index contributed by atoms with van der Waals surface area (Å²) in [6.45, 7) is 5.74. The average Bonchev–Trinajstić information content (AvgIpc) is 2.94. The molecule has 1 unspecified atom stereocenters. The number of halogens is 1. The zero-order valence-corrected chi connectivity index (χ0v) is 13.2. The molecule has 0 saturated heterocycles. The summed E-state index contributed by atoms with van der Waals surface area (Å²) in [7, 11) is 0. The van der Waals surface area contributed by atoms with Crippen molar-refractivity contribution in [3.05, 3.63) is 32.5 Å². The van der Waals surface area contributed by atoms with E-state index in [0.717, 1.165) is 3.79 Å². The van der Waals surface area contributed by atoms with Gasteiger partial charge in [0.05, 0.1) is 9.35 Å². The van der Waals surface area contributed by atoms with Gasteiger partial charge in [0, 0.05) is 0 Å². The van der Waals surface area contributed by atoms with E-state index in [1.807, 2.05) is 19.2 Å². The standard InChI is InChI=1S/C12H14BrN3O2S/c1-6(2)9(12-14-7(3)16-18-12)15-11(17)8-4-5-19-10(8)13/h4-6,9H,1-3H3,(H,15,17). The molecule has 2 rings (SSSR count). The Bertz CT molecular complexity index is 579. The van der Waals surface area contributed by atoms with E-state index in [1.165, 1.54) is 11.3 Å². The van der Waals surface area contributed by atoms with Crippen LogP contribution in [0.3, 0.4) is 0 Å². The van der Waals surface area contributed by atoms with E-state index < -0.39 is 0 Å². The van der Waals surface area contributed by atoms with Crippen molar-refractivity contribution in [3.63, 3.8) is 0 Å². The highest BCUT2D eigenvalue weighted by atomic mass is 79.9. The minimum absolute atomic E-state index is 0.150. The van der Waals surface area contributed by atoms with Gasteiger partial charge in [0.2, 0.25) is 5.89 Å². The third-order valence-corrected chi connectivity index (χ3v) is 4.31. The van der Waals surface area contributed by atoms with Gasteiger partial charge in [0.15, 0.2) is 5.82 Å². The predicted octanol–water partition coefficient (Wildman–Crippen LogP) is 3.33. The Hall–Kier alpha value is -1.21. The maximum Gasteiger partial charge on any atom is 0.253 e. The Morgan fingerprint density at radius 1 is 1.53 bits per heavy atom. The van der Waals surface area contributed by atoms with E-state index in [-0.39, 0.29) is 17.9 Å². The van der Waals surface area contributed by atoms with Gasteiger partial charge >= 0.3 is 0 Å². The van der Waals surface area contributed by atoms with Gasteiger partial charge < -0.3 is 9.84 Å². The van der Waals surface area contributed by atoms with Crippen molar-refractivity contribution in [2.24, 2.45) is 5.92 Å². The molecule has 0 aliphatic carbocycles. The first kappa shape index (κ1) is 14.2. The van der Waals surface area contributed by atoms with E-state index >= 15 is 0 Å². The van der Waals surface area contributed by atoms with Gasteiger partial charge in [-0.1, -0.05) is 19.0 Å². The highest BCUT2D eigenvalue weighted by Gasteiger charge is 2.25. The van der Waals surface area contributed by atoms with Gasteiger partial charge in [-0.15, -0.1) is 11.3 Å². The number of amides is 1. The number of hydrogen-bond donors (Lipinski definition) is 1. The molecular weight excluding hydrogens is 330 g/mol. The molecule has 102 valence electrons. The van der Waals surface area contributed by atoms with Crippen LogP contribution in [0.25, 0.3) is 0 Å². The number of thiophene rings is 1. The first-order valence-electron chi connectivity index (χ1n) is 5.83. The Kier molecular flexibility index (Phi) is 4.36. The van der Waals surface area contributed by atoms with Crippen LogP contribution in [0.1, 0.15) is 42.0 Å². The summed E-state index contributed by atoms with van der Waals surface area (Å²) in [4.78, 5) is 16.4. The summed E-state index contributed by atoms with van der Waals surface area (Å²) in [6, 6.07) is 1.49. The highest BCUT2D eigenvalue weighted by molar-refractivity contribution is 9.11. The molecule has 0 aromatic carbocycles. The quantitative estimate of drug-likeness (QED) is 0.924.